The molecule has 1 heterocycles. The quantitative estimate of drug-likeness (QED) is 0.699. The van der Waals surface area contributed by atoms with E-state index in [0.717, 1.165) is 15.0 Å². The molecule has 0 bridgehead atoms. The first-order valence-electron chi connectivity index (χ1n) is 7.23. The van der Waals surface area contributed by atoms with Crippen LogP contribution in [0.2, 0.25) is 0 Å². The summed E-state index contributed by atoms with van der Waals surface area (Å²) >= 11 is 2.85. The number of nitrogens with zero attached hydrogens (tertiary/aromatic N) is 3. The molecule has 5 nitrogen and oxygen atoms in total. The molecule has 122 valence electrons. The van der Waals surface area contributed by atoms with Gasteiger partial charge in [-0.2, -0.15) is 0 Å². The van der Waals surface area contributed by atoms with Gasteiger partial charge in [-0.3, -0.25) is 9.69 Å². The number of phenolic OH excluding ortho intramolecular Hbond substituents is 1. The van der Waals surface area contributed by atoms with Crippen molar-refractivity contribution in [2.75, 3.05) is 10.7 Å². The maximum absolute atomic E-state index is 12.8. The Balaban J connectivity index is 1.83. The Bertz CT molecular complexity index is 819. The lowest BCUT2D eigenvalue weighted by Crippen LogP contribution is -2.27. The van der Waals surface area contributed by atoms with Crippen LogP contribution in [0.25, 0.3) is 0 Å². The standard InChI is InChI=1S/C17H15N3O2S2/c1-12-18-19-17(24-12)23-11-16(22)20(13-5-3-2-4-6-13)14-7-9-15(21)10-8-14/h2-10,21H,11H2,1H3. The fourth-order valence-corrected chi connectivity index (χ4v) is 3.81. The molecule has 7 heteroatoms. The summed E-state index contributed by atoms with van der Waals surface area (Å²) in [6, 6.07) is 16.0. The van der Waals surface area contributed by atoms with E-state index in [1.165, 1.54) is 23.1 Å². The highest BCUT2D eigenvalue weighted by Gasteiger charge is 2.19. The van der Waals surface area contributed by atoms with Crippen LogP contribution in [0.4, 0.5) is 11.4 Å². The van der Waals surface area contributed by atoms with Gasteiger partial charge in [0.25, 0.3) is 0 Å². The fourth-order valence-electron chi connectivity index (χ4n) is 2.14. The monoisotopic (exact) mass is 357 g/mol. The van der Waals surface area contributed by atoms with Crippen molar-refractivity contribution in [2.45, 2.75) is 11.3 Å². The van der Waals surface area contributed by atoms with E-state index >= 15 is 0 Å². The number of anilines is 2. The number of rotatable bonds is 5. The zero-order valence-electron chi connectivity index (χ0n) is 12.9. The summed E-state index contributed by atoms with van der Waals surface area (Å²) in [6.07, 6.45) is 0. The Hall–Kier alpha value is -2.38. The summed E-state index contributed by atoms with van der Waals surface area (Å²) in [7, 11) is 0. The van der Waals surface area contributed by atoms with Crippen LogP contribution in [0.1, 0.15) is 5.01 Å². The number of aromatic hydroxyl groups is 1. The maximum Gasteiger partial charge on any atom is 0.241 e. The van der Waals surface area contributed by atoms with E-state index in [1.54, 1.807) is 29.2 Å². The lowest BCUT2D eigenvalue weighted by atomic mass is 10.2. The van der Waals surface area contributed by atoms with Crippen LogP contribution in [-0.4, -0.2) is 27.0 Å². The van der Waals surface area contributed by atoms with Crippen molar-refractivity contribution >= 4 is 40.4 Å². The summed E-state index contributed by atoms with van der Waals surface area (Å²) < 4.78 is 0.777. The molecular weight excluding hydrogens is 342 g/mol. The van der Waals surface area contributed by atoms with Crippen LogP contribution in [0.5, 0.6) is 5.75 Å². The highest BCUT2D eigenvalue weighted by atomic mass is 32.2. The summed E-state index contributed by atoms with van der Waals surface area (Å²) in [5.41, 5.74) is 1.49. The number of thioether (sulfide) groups is 1. The second-order valence-corrected chi connectivity index (χ2v) is 7.36. The van der Waals surface area contributed by atoms with Crippen molar-refractivity contribution in [1.29, 1.82) is 0 Å². The average Bonchev–Trinajstić information content (AvgIpc) is 3.01. The molecule has 1 amide bonds. The minimum absolute atomic E-state index is 0.0651. The van der Waals surface area contributed by atoms with Crippen molar-refractivity contribution in [3.8, 4) is 5.75 Å². The molecule has 0 aliphatic heterocycles. The lowest BCUT2D eigenvalue weighted by molar-refractivity contribution is -0.115. The molecule has 2 aromatic carbocycles. The van der Waals surface area contributed by atoms with E-state index in [-0.39, 0.29) is 17.4 Å². The lowest BCUT2D eigenvalue weighted by Gasteiger charge is -2.22. The van der Waals surface area contributed by atoms with E-state index in [2.05, 4.69) is 10.2 Å². The first kappa shape index (κ1) is 16.5. The Kier molecular flexibility index (Phi) is 5.12. The van der Waals surface area contributed by atoms with Crippen molar-refractivity contribution in [3.05, 3.63) is 59.6 Å². The minimum Gasteiger partial charge on any atom is -0.508 e. The van der Waals surface area contributed by atoms with Crippen LogP contribution in [-0.2, 0) is 4.79 Å². The molecule has 0 atom stereocenters. The third kappa shape index (κ3) is 3.93. The van der Waals surface area contributed by atoms with Gasteiger partial charge in [-0.1, -0.05) is 41.3 Å². The first-order valence-corrected chi connectivity index (χ1v) is 9.03. The average molecular weight is 357 g/mol. The van der Waals surface area contributed by atoms with E-state index in [0.29, 0.717) is 5.69 Å². The molecule has 0 saturated heterocycles. The first-order chi connectivity index (χ1) is 11.6. The maximum atomic E-state index is 12.8. The van der Waals surface area contributed by atoms with Crippen LogP contribution < -0.4 is 4.90 Å². The second kappa shape index (κ2) is 7.46. The SMILES string of the molecule is Cc1nnc(SCC(=O)N(c2ccccc2)c2ccc(O)cc2)s1. The van der Waals surface area contributed by atoms with Crippen molar-refractivity contribution in [2.24, 2.45) is 0 Å². The predicted molar refractivity (Wildman–Crippen MR) is 97.1 cm³/mol. The summed E-state index contributed by atoms with van der Waals surface area (Å²) in [4.78, 5) is 14.4. The van der Waals surface area contributed by atoms with Gasteiger partial charge < -0.3 is 5.11 Å². The van der Waals surface area contributed by atoms with Crippen LogP contribution >= 0.6 is 23.1 Å². The molecule has 0 aliphatic rings. The number of aromatic nitrogens is 2. The molecule has 0 aliphatic carbocycles. The molecule has 1 aromatic heterocycles. The Morgan fingerprint density at radius 3 is 2.38 bits per heavy atom. The number of hydrogen-bond acceptors (Lipinski definition) is 6. The van der Waals surface area contributed by atoms with Gasteiger partial charge in [-0.25, -0.2) is 0 Å². The second-order valence-electron chi connectivity index (χ2n) is 4.96. The number of carbonyl (C=O) groups is 1. The molecule has 1 N–H and O–H groups in total. The van der Waals surface area contributed by atoms with Crippen molar-refractivity contribution < 1.29 is 9.90 Å². The van der Waals surface area contributed by atoms with Gasteiger partial charge in [0, 0.05) is 11.4 Å². The predicted octanol–water partition coefficient (Wildman–Crippen LogP) is 4.01. The third-order valence-electron chi connectivity index (χ3n) is 3.20. The molecule has 0 saturated carbocycles. The van der Waals surface area contributed by atoms with E-state index in [1.807, 2.05) is 37.3 Å². The highest BCUT2D eigenvalue weighted by Crippen LogP contribution is 2.29. The third-order valence-corrected chi connectivity index (χ3v) is 5.16. The Labute approximate surface area is 148 Å². The van der Waals surface area contributed by atoms with Crippen LogP contribution in [0.3, 0.4) is 0 Å². The van der Waals surface area contributed by atoms with Gasteiger partial charge in [0.1, 0.15) is 10.8 Å². The zero-order chi connectivity index (χ0) is 16.9. The molecular formula is C17H15N3O2S2. The topological polar surface area (TPSA) is 66.3 Å². The van der Waals surface area contributed by atoms with Crippen LogP contribution in [0.15, 0.2) is 58.9 Å². The Morgan fingerprint density at radius 2 is 1.75 bits per heavy atom. The summed E-state index contributed by atoms with van der Waals surface area (Å²) in [5.74, 6) is 0.354. The molecule has 24 heavy (non-hydrogen) atoms. The van der Waals surface area contributed by atoms with E-state index < -0.39 is 0 Å². The van der Waals surface area contributed by atoms with Gasteiger partial charge >= 0.3 is 0 Å². The van der Waals surface area contributed by atoms with Gasteiger partial charge in [0.2, 0.25) is 5.91 Å². The zero-order valence-corrected chi connectivity index (χ0v) is 14.5. The van der Waals surface area contributed by atoms with Crippen molar-refractivity contribution in [1.82, 2.24) is 10.2 Å². The highest BCUT2D eigenvalue weighted by molar-refractivity contribution is 8.01. The molecule has 0 fully saturated rings. The van der Waals surface area contributed by atoms with Gasteiger partial charge in [0.15, 0.2) is 4.34 Å². The molecule has 0 radical (unpaired) electrons. The molecule has 0 unspecified atom stereocenters. The smallest absolute Gasteiger partial charge is 0.241 e. The Morgan fingerprint density at radius 1 is 1.08 bits per heavy atom. The normalized spacial score (nSPS) is 10.5. The van der Waals surface area contributed by atoms with Crippen molar-refractivity contribution in [3.63, 3.8) is 0 Å². The fraction of sp³-hybridized carbons (Fsp3) is 0.118. The number of para-hydroxylation sites is 1. The molecule has 3 rings (SSSR count). The van der Waals surface area contributed by atoms with E-state index in [9.17, 15) is 9.90 Å². The summed E-state index contributed by atoms with van der Waals surface area (Å²) in [6.45, 7) is 1.89. The molecule has 3 aromatic rings. The number of phenols is 1. The van der Waals surface area contributed by atoms with E-state index in [4.69, 9.17) is 0 Å². The number of benzene rings is 2. The number of carbonyl (C=O) groups excluding carboxylic acids is 1. The van der Waals surface area contributed by atoms with Gasteiger partial charge in [-0.05, 0) is 43.3 Å². The minimum atomic E-state index is -0.0651. The van der Waals surface area contributed by atoms with Gasteiger partial charge in [-0.15, -0.1) is 10.2 Å². The van der Waals surface area contributed by atoms with Crippen LogP contribution in [0, 0.1) is 6.92 Å². The number of hydrogen-bond donors (Lipinski definition) is 1. The largest absolute Gasteiger partial charge is 0.508 e. The number of amides is 1. The summed E-state index contributed by atoms with van der Waals surface area (Å²) in [5, 5.41) is 18.4. The molecule has 0 spiro atoms. The number of aryl methyl sites for hydroxylation is 1. The van der Waals surface area contributed by atoms with Gasteiger partial charge in [0.05, 0.1) is 5.75 Å².